The van der Waals surface area contributed by atoms with E-state index in [9.17, 15) is 4.79 Å². The molecule has 2 N–H and O–H groups in total. The predicted molar refractivity (Wildman–Crippen MR) is 36.5 cm³/mol. The highest BCUT2D eigenvalue weighted by Crippen LogP contribution is 1.68. The number of azide groups is 1. The van der Waals surface area contributed by atoms with Gasteiger partial charge in [-0.05, 0) is 5.53 Å². The van der Waals surface area contributed by atoms with Crippen molar-refractivity contribution >= 4 is 6.03 Å². The van der Waals surface area contributed by atoms with Crippen LogP contribution in [0, 0.1) is 0 Å². The van der Waals surface area contributed by atoms with Crippen LogP contribution in [-0.4, -0.2) is 26.2 Å². The van der Waals surface area contributed by atoms with Crippen molar-refractivity contribution in [3.63, 3.8) is 0 Å². The first kappa shape index (κ1) is 8.58. The van der Waals surface area contributed by atoms with Crippen LogP contribution in [0.1, 0.15) is 0 Å². The van der Waals surface area contributed by atoms with Crippen molar-refractivity contribution < 1.29 is 4.79 Å². The summed E-state index contributed by atoms with van der Waals surface area (Å²) in [5.74, 6) is 0. The Bertz CT molecular complexity index is 150. The number of nitrogens with zero attached hydrogens (tertiary/aromatic N) is 3. The lowest BCUT2D eigenvalue weighted by molar-refractivity contribution is 0.243. The number of hydrogen-bond acceptors (Lipinski definition) is 2. The zero-order valence-electron chi connectivity index (χ0n) is 5.66. The van der Waals surface area contributed by atoms with Crippen LogP contribution in [0.3, 0.4) is 0 Å². The normalized spacial score (nSPS) is 7.70. The number of urea groups is 1. The molecule has 0 heterocycles. The SMILES string of the molecule is CNC(=O)NCCN=[N+]=[N-]. The number of amides is 2. The van der Waals surface area contributed by atoms with Crippen molar-refractivity contribution in [1.29, 1.82) is 0 Å². The Morgan fingerprint density at radius 1 is 1.80 bits per heavy atom. The van der Waals surface area contributed by atoms with Gasteiger partial charge in [-0.2, -0.15) is 0 Å². The van der Waals surface area contributed by atoms with Crippen molar-refractivity contribution in [1.82, 2.24) is 10.6 Å². The van der Waals surface area contributed by atoms with Gasteiger partial charge in [-0.15, -0.1) is 0 Å². The van der Waals surface area contributed by atoms with Crippen LogP contribution in [0.15, 0.2) is 5.11 Å². The van der Waals surface area contributed by atoms with Crippen molar-refractivity contribution in [3.05, 3.63) is 10.4 Å². The van der Waals surface area contributed by atoms with Gasteiger partial charge in [-0.25, -0.2) is 4.79 Å². The molecular weight excluding hydrogens is 134 g/mol. The van der Waals surface area contributed by atoms with Crippen molar-refractivity contribution in [2.24, 2.45) is 5.11 Å². The van der Waals surface area contributed by atoms with E-state index >= 15 is 0 Å². The molecule has 0 saturated carbocycles. The Kier molecular flexibility index (Phi) is 4.90. The van der Waals surface area contributed by atoms with Gasteiger partial charge in [0.1, 0.15) is 0 Å². The lowest BCUT2D eigenvalue weighted by Gasteiger charge is -1.99. The maximum absolute atomic E-state index is 10.4. The molecule has 6 nitrogen and oxygen atoms in total. The number of hydrogen-bond donors (Lipinski definition) is 2. The monoisotopic (exact) mass is 143 g/mol. The third kappa shape index (κ3) is 4.73. The van der Waals surface area contributed by atoms with Gasteiger partial charge in [-0.1, -0.05) is 5.11 Å². The summed E-state index contributed by atoms with van der Waals surface area (Å²) in [5.41, 5.74) is 7.82. The molecule has 0 aromatic heterocycles. The summed E-state index contributed by atoms with van der Waals surface area (Å²) in [4.78, 5) is 12.9. The van der Waals surface area contributed by atoms with E-state index < -0.39 is 0 Å². The van der Waals surface area contributed by atoms with Crippen LogP contribution in [0.2, 0.25) is 0 Å². The summed E-state index contributed by atoms with van der Waals surface area (Å²) >= 11 is 0. The molecule has 0 rings (SSSR count). The largest absolute Gasteiger partial charge is 0.341 e. The van der Waals surface area contributed by atoms with Crippen molar-refractivity contribution in [3.8, 4) is 0 Å². The van der Waals surface area contributed by atoms with E-state index in [-0.39, 0.29) is 12.6 Å². The molecule has 0 radical (unpaired) electrons. The second-order valence-electron chi connectivity index (χ2n) is 1.46. The summed E-state index contributed by atoms with van der Waals surface area (Å²) in [6.45, 7) is 0.646. The third-order valence-corrected chi connectivity index (χ3v) is 0.788. The first-order valence-electron chi connectivity index (χ1n) is 2.77. The zero-order valence-corrected chi connectivity index (χ0v) is 5.66. The second-order valence-corrected chi connectivity index (χ2v) is 1.46. The van der Waals surface area contributed by atoms with Crippen LogP contribution in [0.5, 0.6) is 0 Å². The highest BCUT2D eigenvalue weighted by molar-refractivity contribution is 5.73. The minimum Gasteiger partial charge on any atom is -0.341 e. The molecule has 0 aliphatic carbocycles. The molecular formula is C4H9N5O. The molecule has 0 bridgehead atoms. The fourth-order valence-corrected chi connectivity index (χ4v) is 0.353. The van der Waals surface area contributed by atoms with Gasteiger partial charge in [0.25, 0.3) is 0 Å². The zero-order chi connectivity index (χ0) is 7.82. The highest BCUT2D eigenvalue weighted by atomic mass is 16.2. The van der Waals surface area contributed by atoms with Gasteiger partial charge in [0, 0.05) is 25.0 Å². The summed E-state index contributed by atoms with van der Waals surface area (Å²) in [6, 6.07) is -0.270. The molecule has 10 heavy (non-hydrogen) atoms. The van der Waals surface area contributed by atoms with Crippen LogP contribution in [0.4, 0.5) is 4.79 Å². The van der Waals surface area contributed by atoms with Gasteiger partial charge in [0.05, 0.1) is 0 Å². The topological polar surface area (TPSA) is 89.9 Å². The number of nitrogens with one attached hydrogen (secondary N) is 2. The maximum Gasteiger partial charge on any atom is 0.314 e. The fourth-order valence-electron chi connectivity index (χ4n) is 0.353. The molecule has 0 aliphatic rings. The van der Waals surface area contributed by atoms with Crippen LogP contribution in [0.25, 0.3) is 10.4 Å². The maximum atomic E-state index is 10.4. The lowest BCUT2D eigenvalue weighted by Crippen LogP contribution is -2.34. The molecule has 0 atom stereocenters. The van der Waals surface area contributed by atoms with Crippen molar-refractivity contribution in [2.45, 2.75) is 0 Å². The van der Waals surface area contributed by atoms with Gasteiger partial charge >= 0.3 is 6.03 Å². The summed E-state index contributed by atoms with van der Waals surface area (Å²) in [5, 5.41) is 8.03. The van der Waals surface area contributed by atoms with E-state index in [1.165, 1.54) is 7.05 Å². The average Bonchev–Trinajstić information content (AvgIpc) is 1.98. The van der Waals surface area contributed by atoms with E-state index in [1.807, 2.05) is 0 Å². The summed E-state index contributed by atoms with van der Waals surface area (Å²) in [7, 11) is 1.52. The smallest absolute Gasteiger partial charge is 0.314 e. The Hall–Kier alpha value is -1.42. The molecule has 0 saturated heterocycles. The number of rotatable bonds is 3. The first-order valence-corrected chi connectivity index (χ1v) is 2.77. The van der Waals surface area contributed by atoms with E-state index in [0.29, 0.717) is 6.54 Å². The summed E-state index contributed by atoms with van der Waals surface area (Å²) < 4.78 is 0. The van der Waals surface area contributed by atoms with Gasteiger partial charge < -0.3 is 10.6 Å². The Morgan fingerprint density at radius 2 is 2.50 bits per heavy atom. The van der Waals surface area contributed by atoms with Crippen LogP contribution >= 0.6 is 0 Å². The van der Waals surface area contributed by atoms with Gasteiger partial charge in [0.2, 0.25) is 0 Å². The lowest BCUT2D eigenvalue weighted by atomic mass is 10.6. The standard InChI is InChI=1S/C4H9N5O/c1-6-4(10)7-2-3-8-9-5/h2-3H2,1H3,(H2,6,7,10). The fraction of sp³-hybridized carbons (Fsp3) is 0.750. The van der Waals surface area contributed by atoms with E-state index in [4.69, 9.17) is 5.53 Å². The predicted octanol–water partition coefficient (Wildman–Crippen LogP) is 0.226. The molecule has 0 fully saturated rings. The highest BCUT2D eigenvalue weighted by Gasteiger charge is 1.90. The Morgan fingerprint density at radius 3 is 3.00 bits per heavy atom. The molecule has 0 spiro atoms. The van der Waals surface area contributed by atoms with Gasteiger partial charge in [0.15, 0.2) is 0 Å². The van der Waals surface area contributed by atoms with E-state index in [0.717, 1.165) is 0 Å². The minimum atomic E-state index is -0.270. The summed E-state index contributed by atoms with van der Waals surface area (Å²) in [6.07, 6.45) is 0. The molecule has 0 unspecified atom stereocenters. The van der Waals surface area contributed by atoms with Gasteiger partial charge in [-0.3, -0.25) is 0 Å². The molecule has 0 aliphatic heterocycles. The average molecular weight is 143 g/mol. The Labute approximate surface area is 58.2 Å². The molecule has 6 heteroatoms. The van der Waals surface area contributed by atoms with E-state index in [1.54, 1.807) is 0 Å². The van der Waals surface area contributed by atoms with Crippen molar-refractivity contribution in [2.75, 3.05) is 20.1 Å². The molecule has 56 valence electrons. The second kappa shape index (κ2) is 5.71. The first-order chi connectivity index (χ1) is 4.81. The molecule has 0 aromatic rings. The minimum absolute atomic E-state index is 0.270. The quantitative estimate of drug-likeness (QED) is 0.252. The van der Waals surface area contributed by atoms with E-state index in [2.05, 4.69) is 20.7 Å². The number of carbonyl (C=O) groups excluding carboxylic acids is 1. The molecule has 2 amide bonds. The molecule has 0 aromatic carbocycles. The number of carbonyl (C=O) groups is 1. The Balaban J connectivity index is 3.19. The van der Waals surface area contributed by atoms with Crippen LogP contribution in [-0.2, 0) is 0 Å². The van der Waals surface area contributed by atoms with Crippen LogP contribution < -0.4 is 10.6 Å². The third-order valence-electron chi connectivity index (χ3n) is 0.788.